The number of rotatable bonds is 9. The average molecular weight is 215 g/mol. The molecule has 0 fully saturated rings. The van der Waals surface area contributed by atoms with Gasteiger partial charge >= 0.3 is 0 Å². The number of carbonyl (C=O) groups excluding carboxylic acids is 1. The van der Waals surface area contributed by atoms with Gasteiger partial charge in [0, 0.05) is 13.7 Å². The van der Waals surface area contributed by atoms with Gasteiger partial charge in [-0.2, -0.15) is 5.26 Å². The van der Waals surface area contributed by atoms with E-state index in [9.17, 15) is 4.79 Å². The highest BCUT2D eigenvalue weighted by Gasteiger charge is 1.97. The molecule has 0 bridgehead atoms. The third-order valence-electron chi connectivity index (χ3n) is 1.51. The van der Waals surface area contributed by atoms with Crippen LogP contribution in [0.5, 0.6) is 0 Å². The minimum Gasteiger partial charge on any atom is -0.382 e. The molecule has 0 atom stereocenters. The summed E-state index contributed by atoms with van der Waals surface area (Å²) in [6.07, 6.45) is 0. The molecule has 86 valence electrons. The Labute approximate surface area is 89.5 Å². The molecule has 6 nitrogen and oxygen atoms in total. The minimum absolute atomic E-state index is 0.0465. The highest BCUT2D eigenvalue weighted by atomic mass is 16.5. The number of hydrogen-bond donors (Lipinski definition) is 2. The zero-order chi connectivity index (χ0) is 11.4. The Morgan fingerprint density at radius 2 is 2.20 bits per heavy atom. The van der Waals surface area contributed by atoms with Crippen LogP contribution in [0.4, 0.5) is 0 Å². The lowest BCUT2D eigenvalue weighted by molar-refractivity contribution is -0.120. The number of hydrogen-bond acceptors (Lipinski definition) is 5. The maximum atomic E-state index is 11.0. The van der Waals surface area contributed by atoms with Gasteiger partial charge < -0.3 is 20.1 Å². The second kappa shape index (κ2) is 10.9. The summed E-state index contributed by atoms with van der Waals surface area (Å²) in [7, 11) is 1.61. The number of amides is 1. The molecule has 0 aromatic heterocycles. The van der Waals surface area contributed by atoms with Crippen LogP contribution >= 0.6 is 0 Å². The van der Waals surface area contributed by atoms with Crippen molar-refractivity contribution in [1.82, 2.24) is 10.6 Å². The zero-order valence-corrected chi connectivity index (χ0v) is 8.91. The molecule has 0 spiro atoms. The summed E-state index contributed by atoms with van der Waals surface area (Å²) in [5.74, 6) is -0.187. The van der Waals surface area contributed by atoms with Crippen LogP contribution in [0.25, 0.3) is 0 Å². The van der Waals surface area contributed by atoms with E-state index in [0.717, 1.165) is 0 Å². The fourth-order valence-corrected chi connectivity index (χ4v) is 0.791. The summed E-state index contributed by atoms with van der Waals surface area (Å²) in [6, 6.07) is 1.83. The second-order valence-electron chi connectivity index (χ2n) is 2.72. The van der Waals surface area contributed by atoms with Crippen LogP contribution < -0.4 is 10.6 Å². The van der Waals surface area contributed by atoms with E-state index in [4.69, 9.17) is 14.7 Å². The van der Waals surface area contributed by atoms with Gasteiger partial charge in [-0.15, -0.1) is 0 Å². The minimum atomic E-state index is -0.187. The Hall–Kier alpha value is -1.16. The molecule has 0 aliphatic carbocycles. The summed E-state index contributed by atoms with van der Waals surface area (Å²) < 4.78 is 9.96. The Morgan fingerprint density at radius 3 is 2.87 bits per heavy atom. The first-order chi connectivity index (χ1) is 7.31. The predicted molar refractivity (Wildman–Crippen MR) is 54.2 cm³/mol. The summed E-state index contributed by atoms with van der Waals surface area (Å²) in [6.45, 7) is 2.51. The van der Waals surface area contributed by atoms with Crippen molar-refractivity contribution in [2.24, 2.45) is 0 Å². The lowest BCUT2D eigenvalue weighted by Crippen LogP contribution is -2.35. The normalized spacial score (nSPS) is 9.60. The van der Waals surface area contributed by atoms with Crippen LogP contribution in [0.3, 0.4) is 0 Å². The summed E-state index contributed by atoms with van der Waals surface area (Å²) in [4.78, 5) is 11.0. The zero-order valence-electron chi connectivity index (χ0n) is 8.91. The van der Waals surface area contributed by atoms with E-state index in [1.165, 1.54) is 0 Å². The van der Waals surface area contributed by atoms with Crippen molar-refractivity contribution >= 4 is 5.91 Å². The lowest BCUT2D eigenvalue weighted by Gasteiger charge is -2.05. The van der Waals surface area contributed by atoms with Crippen LogP contribution in [-0.2, 0) is 14.3 Å². The largest absolute Gasteiger partial charge is 0.382 e. The fraction of sp³-hybridized carbons (Fsp3) is 0.778. The first-order valence-electron chi connectivity index (χ1n) is 4.72. The Kier molecular flexibility index (Phi) is 10.1. The molecule has 0 aromatic rings. The standard InChI is InChI=1S/C9H17N3O3/c1-14-6-7-15-5-4-11-8-9(13)12-3-2-10/h11H,3-8H2,1H3,(H,12,13). The van der Waals surface area contributed by atoms with Crippen molar-refractivity contribution in [3.63, 3.8) is 0 Å². The molecule has 0 unspecified atom stereocenters. The molecular weight excluding hydrogens is 198 g/mol. The molecule has 0 aliphatic heterocycles. The molecule has 15 heavy (non-hydrogen) atoms. The molecule has 0 heterocycles. The maximum Gasteiger partial charge on any atom is 0.234 e. The molecular formula is C9H17N3O3. The van der Waals surface area contributed by atoms with Crippen molar-refractivity contribution < 1.29 is 14.3 Å². The highest BCUT2D eigenvalue weighted by molar-refractivity contribution is 5.78. The molecule has 1 amide bonds. The molecule has 0 saturated carbocycles. The first kappa shape index (κ1) is 13.8. The number of carbonyl (C=O) groups is 1. The van der Waals surface area contributed by atoms with Crippen molar-refractivity contribution in [3.8, 4) is 6.07 Å². The molecule has 0 aromatic carbocycles. The molecule has 0 saturated heterocycles. The third kappa shape index (κ3) is 10.8. The van der Waals surface area contributed by atoms with Crippen LogP contribution in [0.2, 0.25) is 0 Å². The number of methoxy groups -OCH3 is 1. The summed E-state index contributed by atoms with van der Waals surface area (Å²) >= 11 is 0. The van der Waals surface area contributed by atoms with E-state index in [-0.39, 0.29) is 19.0 Å². The van der Waals surface area contributed by atoms with Gasteiger partial charge in [0.1, 0.15) is 6.54 Å². The Balaban J connectivity index is 3.10. The van der Waals surface area contributed by atoms with Gasteiger partial charge in [0.15, 0.2) is 0 Å². The number of nitrogens with zero attached hydrogens (tertiary/aromatic N) is 1. The Bertz CT molecular complexity index is 203. The summed E-state index contributed by atoms with van der Waals surface area (Å²) in [5.41, 5.74) is 0. The van der Waals surface area contributed by atoms with Gasteiger partial charge in [-0.3, -0.25) is 4.79 Å². The first-order valence-corrected chi connectivity index (χ1v) is 4.72. The predicted octanol–water partition coefficient (Wildman–Crippen LogP) is -1.12. The maximum absolute atomic E-state index is 11.0. The van der Waals surface area contributed by atoms with E-state index in [1.807, 2.05) is 6.07 Å². The van der Waals surface area contributed by atoms with Gasteiger partial charge in [-0.25, -0.2) is 0 Å². The SMILES string of the molecule is COCCOCCNCC(=O)NCC#N. The molecule has 0 radical (unpaired) electrons. The molecule has 6 heteroatoms. The number of nitriles is 1. The number of ether oxygens (including phenoxy) is 2. The van der Waals surface area contributed by atoms with Crippen molar-refractivity contribution in [2.75, 3.05) is 46.6 Å². The topological polar surface area (TPSA) is 83.4 Å². The van der Waals surface area contributed by atoms with Crippen LogP contribution in [-0.4, -0.2) is 52.5 Å². The van der Waals surface area contributed by atoms with E-state index in [2.05, 4.69) is 10.6 Å². The van der Waals surface area contributed by atoms with Crippen molar-refractivity contribution in [2.45, 2.75) is 0 Å². The molecule has 0 rings (SSSR count). The van der Waals surface area contributed by atoms with Gasteiger partial charge in [0.05, 0.1) is 32.4 Å². The Morgan fingerprint density at radius 1 is 1.40 bits per heavy atom. The fourth-order valence-electron chi connectivity index (χ4n) is 0.791. The van der Waals surface area contributed by atoms with Crippen LogP contribution in [0.1, 0.15) is 0 Å². The highest BCUT2D eigenvalue weighted by Crippen LogP contribution is 1.74. The number of nitrogens with one attached hydrogen (secondary N) is 2. The summed E-state index contributed by atoms with van der Waals surface area (Å²) in [5, 5.41) is 13.5. The van der Waals surface area contributed by atoms with Gasteiger partial charge in [0.25, 0.3) is 0 Å². The lowest BCUT2D eigenvalue weighted by atomic mass is 10.5. The van der Waals surface area contributed by atoms with Gasteiger partial charge in [0.2, 0.25) is 5.91 Å². The van der Waals surface area contributed by atoms with Gasteiger partial charge in [-0.1, -0.05) is 0 Å². The van der Waals surface area contributed by atoms with E-state index >= 15 is 0 Å². The van der Waals surface area contributed by atoms with Crippen LogP contribution in [0.15, 0.2) is 0 Å². The van der Waals surface area contributed by atoms with Gasteiger partial charge in [-0.05, 0) is 0 Å². The van der Waals surface area contributed by atoms with E-state index in [1.54, 1.807) is 7.11 Å². The van der Waals surface area contributed by atoms with E-state index in [0.29, 0.717) is 26.4 Å². The van der Waals surface area contributed by atoms with Crippen molar-refractivity contribution in [1.29, 1.82) is 5.26 Å². The van der Waals surface area contributed by atoms with E-state index < -0.39 is 0 Å². The third-order valence-corrected chi connectivity index (χ3v) is 1.51. The second-order valence-corrected chi connectivity index (χ2v) is 2.72. The van der Waals surface area contributed by atoms with Crippen LogP contribution in [0, 0.1) is 11.3 Å². The smallest absolute Gasteiger partial charge is 0.234 e. The monoisotopic (exact) mass is 215 g/mol. The average Bonchev–Trinajstić information content (AvgIpc) is 2.25. The molecule has 2 N–H and O–H groups in total. The van der Waals surface area contributed by atoms with Crippen molar-refractivity contribution in [3.05, 3.63) is 0 Å². The molecule has 0 aliphatic rings. The quantitative estimate of drug-likeness (QED) is 0.376.